The molecule has 1 N–H and O–H groups in total. The van der Waals surface area contributed by atoms with Crippen LogP contribution in [0, 0.1) is 0 Å². The molecule has 1 saturated heterocycles. The second-order valence-corrected chi connectivity index (χ2v) is 6.08. The summed E-state index contributed by atoms with van der Waals surface area (Å²) >= 11 is 3.54. The molecule has 0 radical (unpaired) electrons. The summed E-state index contributed by atoms with van der Waals surface area (Å²) in [4.78, 5) is 12.1. The molecule has 20 heavy (non-hydrogen) atoms. The van der Waals surface area contributed by atoms with Gasteiger partial charge in [-0.3, -0.25) is 4.79 Å². The third-order valence-electron chi connectivity index (χ3n) is 3.75. The Morgan fingerprint density at radius 3 is 2.05 bits per heavy atom. The van der Waals surface area contributed by atoms with Gasteiger partial charge in [0.15, 0.2) is 0 Å². The van der Waals surface area contributed by atoms with E-state index in [-0.39, 0.29) is 22.7 Å². The molecule has 2 aromatic carbocycles. The second-order valence-electron chi connectivity index (χ2n) is 5.09. The van der Waals surface area contributed by atoms with E-state index in [9.17, 15) is 4.79 Å². The maximum absolute atomic E-state index is 12.3. The molecule has 1 fully saturated rings. The molecule has 3 atom stereocenters. The van der Waals surface area contributed by atoms with Gasteiger partial charge in [-0.1, -0.05) is 76.6 Å². The van der Waals surface area contributed by atoms with Crippen LogP contribution in [0.15, 0.2) is 60.7 Å². The molecule has 0 bridgehead atoms. The fraction of sp³-hybridized carbons (Fsp3) is 0.235. The minimum atomic E-state index is -0.162. The van der Waals surface area contributed by atoms with Crippen LogP contribution in [0.3, 0.4) is 0 Å². The summed E-state index contributed by atoms with van der Waals surface area (Å²) in [5, 5.41) is 3.60. The molecule has 2 aromatic rings. The van der Waals surface area contributed by atoms with E-state index in [2.05, 4.69) is 45.5 Å². The van der Waals surface area contributed by atoms with Crippen molar-refractivity contribution in [3.63, 3.8) is 0 Å². The van der Waals surface area contributed by atoms with E-state index >= 15 is 0 Å². The van der Waals surface area contributed by atoms with E-state index in [0.717, 1.165) is 5.56 Å². The lowest BCUT2D eigenvalue weighted by atomic mass is 9.89. The Hall–Kier alpha value is -1.45. The topological polar surface area (TPSA) is 29.1 Å². The van der Waals surface area contributed by atoms with E-state index in [1.165, 1.54) is 5.56 Å². The molecule has 2 nitrogen and oxygen atoms in total. The monoisotopic (exact) mass is 329 g/mol. The molecule has 0 saturated carbocycles. The SMILES string of the molecule is O=C1CC(c2ccccc2)NC(c2ccccc2)C1Br. The number of rotatable bonds is 2. The van der Waals surface area contributed by atoms with Crippen LogP contribution in [0.4, 0.5) is 0 Å². The average molecular weight is 330 g/mol. The van der Waals surface area contributed by atoms with Gasteiger partial charge >= 0.3 is 0 Å². The zero-order valence-electron chi connectivity index (χ0n) is 11.0. The van der Waals surface area contributed by atoms with Gasteiger partial charge in [0.2, 0.25) is 0 Å². The minimum absolute atomic E-state index is 0.0163. The van der Waals surface area contributed by atoms with Gasteiger partial charge < -0.3 is 5.32 Å². The highest BCUT2D eigenvalue weighted by Crippen LogP contribution is 2.34. The molecule has 102 valence electrons. The first-order chi connectivity index (χ1) is 9.75. The van der Waals surface area contributed by atoms with Crippen LogP contribution < -0.4 is 5.32 Å². The van der Waals surface area contributed by atoms with E-state index in [1.54, 1.807) is 0 Å². The van der Waals surface area contributed by atoms with Gasteiger partial charge in [0, 0.05) is 12.5 Å². The zero-order valence-corrected chi connectivity index (χ0v) is 12.6. The lowest BCUT2D eigenvalue weighted by molar-refractivity contribution is -0.121. The number of carbonyl (C=O) groups is 1. The van der Waals surface area contributed by atoms with Gasteiger partial charge in [-0.2, -0.15) is 0 Å². The van der Waals surface area contributed by atoms with E-state index in [1.807, 2.05) is 36.4 Å². The Morgan fingerprint density at radius 2 is 1.45 bits per heavy atom. The van der Waals surface area contributed by atoms with Crippen LogP contribution in [0.1, 0.15) is 29.6 Å². The fourth-order valence-electron chi connectivity index (χ4n) is 2.68. The van der Waals surface area contributed by atoms with Crippen molar-refractivity contribution in [3.8, 4) is 0 Å². The van der Waals surface area contributed by atoms with Gasteiger partial charge in [0.1, 0.15) is 5.78 Å². The summed E-state index contributed by atoms with van der Waals surface area (Å²) in [5.74, 6) is 0.256. The van der Waals surface area contributed by atoms with Crippen LogP contribution in [0.5, 0.6) is 0 Å². The number of alkyl halides is 1. The summed E-state index contributed by atoms with van der Waals surface area (Å²) in [7, 11) is 0. The van der Waals surface area contributed by atoms with Crippen LogP contribution in [-0.2, 0) is 4.79 Å². The number of nitrogens with one attached hydrogen (secondary N) is 1. The Bertz CT molecular complexity index is 584. The van der Waals surface area contributed by atoms with E-state index < -0.39 is 0 Å². The first kappa shape index (κ1) is 13.5. The number of halogens is 1. The average Bonchev–Trinajstić information content (AvgIpc) is 2.51. The van der Waals surface area contributed by atoms with Gasteiger partial charge in [0.05, 0.1) is 10.9 Å². The third-order valence-corrected chi connectivity index (χ3v) is 4.79. The predicted octanol–water partition coefficient (Wildman–Crippen LogP) is 3.79. The highest BCUT2D eigenvalue weighted by molar-refractivity contribution is 9.10. The Balaban J connectivity index is 1.89. The molecule has 3 rings (SSSR count). The number of piperidine rings is 1. The minimum Gasteiger partial charge on any atom is -0.301 e. The molecule has 0 spiro atoms. The predicted molar refractivity (Wildman–Crippen MR) is 83.8 cm³/mol. The molecular weight excluding hydrogens is 314 g/mol. The molecule has 0 aliphatic carbocycles. The highest BCUT2D eigenvalue weighted by atomic mass is 79.9. The Kier molecular flexibility index (Phi) is 3.99. The van der Waals surface area contributed by atoms with Crippen LogP contribution in [0.25, 0.3) is 0 Å². The molecule has 1 aliphatic heterocycles. The normalized spacial score (nSPS) is 26.4. The van der Waals surface area contributed by atoms with Crippen molar-refractivity contribution in [2.45, 2.75) is 23.3 Å². The van der Waals surface area contributed by atoms with Crippen molar-refractivity contribution < 1.29 is 4.79 Å². The number of hydrogen-bond acceptors (Lipinski definition) is 2. The van der Waals surface area contributed by atoms with Crippen molar-refractivity contribution >= 4 is 21.7 Å². The maximum atomic E-state index is 12.3. The lowest BCUT2D eigenvalue weighted by Gasteiger charge is -2.34. The van der Waals surface area contributed by atoms with Crippen molar-refractivity contribution in [1.82, 2.24) is 5.32 Å². The molecule has 0 aromatic heterocycles. The molecule has 3 heteroatoms. The number of ketones is 1. The van der Waals surface area contributed by atoms with Crippen LogP contribution in [-0.4, -0.2) is 10.6 Å². The molecular formula is C17H16BrNO. The van der Waals surface area contributed by atoms with Crippen molar-refractivity contribution in [2.75, 3.05) is 0 Å². The van der Waals surface area contributed by atoms with Gasteiger partial charge in [-0.05, 0) is 11.1 Å². The van der Waals surface area contributed by atoms with Crippen molar-refractivity contribution in [3.05, 3.63) is 71.8 Å². The summed E-state index contributed by atoms with van der Waals surface area (Å²) in [5.41, 5.74) is 2.31. The Labute approximate surface area is 127 Å². The number of Topliss-reactive ketones (excluding diaryl/α,β-unsaturated/α-hetero) is 1. The molecule has 3 unspecified atom stereocenters. The summed E-state index contributed by atoms with van der Waals surface area (Å²) in [6.45, 7) is 0. The van der Waals surface area contributed by atoms with Gasteiger partial charge in [-0.15, -0.1) is 0 Å². The fourth-order valence-corrected chi connectivity index (χ4v) is 3.33. The summed E-state index contributed by atoms with van der Waals surface area (Å²) < 4.78 is 0. The lowest BCUT2D eigenvalue weighted by Crippen LogP contribution is -2.42. The first-order valence-corrected chi connectivity index (χ1v) is 7.70. The molecule has 0 amide bonds. The second kappa shape index (κ2) is 5.90. The number of hydrogen-bond donors (Lipinski definition) is 1. The molecule has 1 heterocycles. The van der Waals surface area contributed by atoms with Crippen molar-refractivity contribution in [2.24, 2.45) is 0 Å². The Morgan fingerprint density at radius 1 is 0.900 bits per heavy atom. The zero-order chi connectivity index (χ0) is 13.9. The van der Waals surface area contributed by atoms with Gasteiger partial charge in [-0.25, -0.2) is 0 Å². The standard InChI is InChI=1S/C17H16BrNO/c18-16-15(20)11-14(12-7-3-1-4-8-12)19-17(16)13-9-5-2-6-10-13/h1-10,14,16-17,19H,11H2. The first-order valence-electron chi connectivity index (χ1n) is 6.78. The number of carbonyl (C=O) groups excluding carboxylic acids is 1. The maximum Gasteiger partial charge on any atom is 0.150 e. The van der Waals surface area contributed by atoms with Gasteiger partial charge in [0.25, 0.3) is 0 Å². The van der Waals surface area contributed by atoms with E-state index in [4.69, 9.17) is 0 Å². The largest absolute Gasteiger partial charge is 0.301 e. The van der Waals surface area contributed by atoms with Crippen LogP contribution >= 0.6 is 15.9 Å². The van der Waals surface area contributed by atoms with E-state index in [0.29, 0.717) is 6.42 Å². The van der Waals surface area contributed by atoms with Crippen molar-refractivity contribution in [1.29, 1.82) is 0 Å². The molecule has 1 aliphatic rings. The van der Waals surface area contributed by atoms with Crippen LogP contribution in [0.2, 0.25) is 0 Å². The number of benzene rings is 2. The smallest absolute Gasteiger partial charge is 0.150 e. The third kappa shape index (κ3) is 2.69. The summed E-state index contributed by atoms with van der Waals surface area (Å²) in [6.07, 6.45) is 0.531. The highest BCUT2D eigenvalue weighted by Gasteiger charge is 2.35. The summed E-state index contributed by atoms with van der Waals surface area (Å²) in [6, 6.07) is 20.4. The quantitative estimate of drug-likeness (QED) is 0.849.